The highest BCUT2D eigenvalue weighted by molar-refractivity contribution is 5.61. The summed E-state index contributed by atoms with van der Waals surface area (Å²) in [5, 5.41) is 14.3. The van der Waals surface area contributed by atoms with Gasteiger partial charge in [0.05, 0.1) is 12.0 Å². The number of anilines is 1. The summed E-state index contributed by atoms with van der Waals surface area (Å²) in [5.74, 6) is 0.228. The first-order valence-electron chi connectivity index (χ1n) is 6.89. The minimum absolute atomic E-state index is 0.00975. The third-order valence-electron chi connectivity index (χ3n) is 4.21. The molecule has 0 unspecified atom stereocenters. The summed E-state index contributed by atoms with van der Waals surface area (Å²) in [4.78, 5) is 18.4. The van der Waals surface area contributed by atoms with Gasteiger partial charge in [-0.1, -0.05) is 19.8 Å². The van der Waals surface area contributed by atoms with E-state index in [-0.39, 0.29) is 22.8 Å². The van der Waals surface area contributed by atoms with E-state index in [2.05, 4.69) is 22.2 Å². The summed E-state index contributed by atoms with van der Waals surface area (Å²) in [7, 11) is 1.36. The Labute approximate surface area is 117 Å². The standard InChI is InChI=1S/C13H20N4O3/c1-3-13(6-4-5-7-13)8-14-11-10(17(18)19)12(20-2)16-9-15-11/h9H,3-8H2,1-2H3,(H,14,15,16). The SMILES string of the molecule is CCC1(CNc2ncnc(OC)c2[N+](=O)[O-])CCCC1. The van der Waals surface area contributed by atoms with Crippen LogP contribution in [0.25, 0.3) is 0 Å². The quantitative estimate of drug-likeness (QED) is 0.636. The fraction of sp³-hybridized carbons (Fsp3) is 0.692. The van der Waals surface area contributed by atoms with E-state index in [4.69, 9.17) is 4.74 Å². The molecule has 2 rings (SSSR count). The molecule has 1 fully saturated rings. The number of aromatic nitrogens is 2. The van der Waals surface area contributed by atoms with Gasteiger partial charge < -0.3 is 10.1 Å². The van der Waals surface area contributed by atoms with Crippen LogP contribution in [0.3, 0.4) is 0 Å². The second kappa shape index (κ2) is 6.02. The van der Waals surface area contributed by atoms with E-state index in [0.29, 0.717) is 6.54 Å². The zero-order chi connectivity index (χ0) is 14.6. The average molecular weight is 280 g/mol. The van der Waals surface area contributed by atoms with Crippen molar-refractivity contribution in [2.24, 2.45) is 5.41 Å². The Hall–Kier alpha value is -1.92. The monoisotopic (exact) mass is 280 g/mol. The molecule has 0 spiro atoms. The summed E-state index contributed by atoms with van der Waals surface area (Å²) in [6.45, 7) is 2.87. The van der Waals surface area contributed by atoms with E-state index in [1.54, 1.807) is 0 Å². The topological polar surface area (TPSA) is 90.2 Å². The maximum atomic E-state index is 11.2. The first-order chi connectivity index (χ1) is 9.62. The molecule has 1 aromatic rings. The van der Waals surface area contributed by atoms with E-state index in [1.165, 1.54) is 26.3 Å². The van der Waals surface area contributed by atoms with Gasteiger partial charge in [-0.25, -0.2) is 4.98 Å². The van der Waals surface area contributed by atoms with E-state index < -0.39 is 4.92 Å². The zero-order valence-electron chi connectivity index (χ0n) is 11.9. The second-order valence-corrected chi connectivity index (χ2v) is 5.25. The maximum Gasteiger partial charge on any atom is 0.372 e. The Morgan fingerprint density at radius 2 is 2.15 bits per heavy atom. The molecule has 110 valence electrons. The van der Waals surface area contributed by atoms with Gasteiger partial charge in [-0.2, -0.15) is 4.98 Å². The lowest BCUT2D eigenvalue weighted by Crippen LogP contribution is -2.26. The number of nitrogens with zero attached hydrogens (tertiary/aromatic N) is 3. The van der Waals surface area contributed by atoms with Gasteiger partial charge in [0, 0.05) is 6.54 Å². The van der Waals surface area contributed by atoms with Crippen LogP contribution >= 0.6 is 0 Å². The predicted octanol–water partition coefficient (Wildman–Crippen LogP) is 2.78. The van der Waals surface area contributed by atoms with Gasteiger partial charge in [-0.15, -0.1) is 0 Å². The summed E-state index contributed by atoms with van der Waals surface area (Å²) < 4.78 is 4.94. The lowest BCUT2D eigenvalue weighted by Gasteiger charge is -2.27. The van der Waals surface area contributed by atoms with Crippen LogP contribution in [0, 0.1) is 15.5 Å². The summed E-state index contributed by atoms with van der Waals surface area (Å²) in [5.41, 5.74) is 0.0331. The van der Waals surface area contributed by atoms with Gasteiger partial charge in [-0.3, -0.25) is 10.1 Å². The Kier molecular flexibility index (Phi) is 4.36. The van der Waals surface area contributed by atoms with Crippen LogP contribution in [0.15, 0.2) is 6.33 Å². The number of nitro groups is 1. The summed E-state index contributed by atoms with van der Waals surface area (Å²) >= 11 is 0. The fourth-order valence-corrected chi connectivity index (χ4v) is 2.86. The van der Waals surface area contributed by atoms with E-state index in [1.807, 2.05) is 0 Å². The molecule has 0 bridgehead atoms. The molecule has 1 N–H and O–H groups in total. The molecule has 1 saturated carbocycles. The molecule has 20 heavy (non-hydrogen) atoms. The molecule has 1 aromatic heterocycles. The molecule has 0 aromatic carbocycles. The van der Waals surface area contributed by atoms with Crippen molar-refractivity contribution < 1.29 is 9.66 Å². The van der Waals surface area contributed by atoms with Crippen molar-refractivity contribution in [1.29, 1.82) is 0 Å². The number of hydrogen-bond acceptors (Lipinski definition) is 6. The van der Waals surface area contributed by atoms with Crippen LogP contribution in [0.4, 0.5) is 11.5 Å². The van der Waals surface area contributed by atoms with Crippen LogP contribution < -0.4 is 10.1 Å². The molecule has 0 aliphatic heterocycles. The lowest BCUT2D eigenvalue weighted by molar-refractivity contribution is -0.385. The van der Waals surface area contributed by atoms with Crippen molar-refractivity contribution in [2.45, 2.75) is 39.0 Å². The molecule has 0 atom stereocenters. The first kappa shape index (κ1) is 14.5. The van der Waals surface area contributed by atoms with Crippen LogP contribution in [-0.4, -0.2) is 28.5 Å². The van der Waals surface area contributed by atoms with Crippen molar-refractivity contribution in [3.8, 4) is 5.88 Å². The smallest absolute Gasteiger partial charge is 0.372 e. The third-order valence-corrected chi connectivity index (χ3v) is 4.21. The largest absolute Gasteiger partial charge is 0.476 e. The predicted molar refractivity (Wildman–Crippen MR) is 74.9 cm³/mol. The number of rotatable bonds is 6. The van der Waals surface area contributed by atoms with Gasteiger partial charge in [0.1, 0.15) is 6.33 Å². The van der Waals surface area contributed by atoms with Crippen molar-refractivity contribution in [1.82, 2.24) is 9.97 Å². The van der Waals surface area contributed by atoms with Gasteiger partial charge in [0.15, 0.2) is 0 Å². The van der Waals surface area contributed by atoms with Gasteiger partial charge >= 0.3 is 5.69 Å². The molecular formula is C13H20N4O3. The first-order valence-corrected chi connectivity index (χ1v) is 6.89. The summed E-state index contributed by atoms with van der Waals surface area (Å²) in [6.07, 6.45) is 7.12. The Bertz CT molecular complexity index is 487. The molecular weight excluding hydrogens is 260 g/mol. The van der Waals surface area contributed by atoms with Crippen molar-refractivity contribution >= 4 is 11.5 Å². The molecule has 0 radical (unpaired) electrons. The number of methoxy groups -OCH3 is 1. The fourth-order valence-electron chi connectivity index (χ4n) is 2.86. The van der Waals surface area contributed by atoms with Gasteiger partial charge in [0.25, 0.3) is 5.88 Å². The van der Waals surface area contributed by atoms with Crippen molar-refractivity contribution in [2.75, 3.05) is 19.0 Å². The number of hydrogen-bond donors (Lipinski definition) is 1. The third kappa shape index (κ3) is 2.81. The molecule has 7 nitrogen and oxygen atoms in total. The van der Waals surface area contributed by atoms with Crippen LogP contribution in [0.1, 0.15) is 39.0 Å². The highest BCUT2D eigenvalue weighted by atomic mass is 16.6. The van der Waals surface area contributed by atoms with Gasteiger partial charge in [-0.05, 0) is 24.7 Å². The van der Waals surface area contributed by atoms with Crippen LogP contribution in [-0.2, 0) is 0 Å². The molecule has 0 amide bonds. The highest BCUT2D eigenvalue weighted by Crippen LogP contribution is 2.41. The molecule has 1 heterocycles. The summed E-state index contributed by atoms with van der Waals surface area (Å²) in [6, 6.07) is 0. The van der Waals surface area contributed by atoms with Crippen molar-refractivity contribution in [3.05, 3.63) is 16.4 Å². The van der Waals surface area contributed by atoms with Gasteiger partial charge in [0.2, 0.25) is 5.82 Å². The number of ether oxygens (including phenoxy) is 1. The molecule has 1 aliphatic rings. The average Bonchev–Trinajstić information content (AvgIpc) is 2.93. The lowest BCUT2D eigenvalue weighted by atomic mass is 9.83. The molecule has 7 heteroatoms. The number of nitrogens with one attached hydrogen (secondary N) is 1. The highest BCUT2D eigenvalue weighted by Gasteiger charge is 2.33. The molecule has 0 saturated heterocycles. The second-order valence-electron chi connectivity index (χ2n) is 5.25. The van der Waals surface area contributed by atoms with Crippen molar-refractivity contribution in [3.63, 3.8) is 0 Å². The Morgan fingerprint density at radius 1 is 1.45 bits per heavy atom. The minimum atomic E-state index is -0.506. The van der Waals surface area contributed by atoms with E-state index in [0.717, 1.165) is 19.3 Å². The Morgan fingerprint density at radius 3 is 2.70 bits per heavy atom. The van der Waals surface area contributed by atoms with E-state index in [9.17, 15) is 10.1 Å². The maximum absolute atomic E-state index is 11.2. The normalized spacial score (nSPS) is 16.9. The van der Waals surface area contributed by atoms with Crippen LogP contribution in [0.5, 0.6) is 5.88 Å². The minimum Gasteiger partial charge on any atom is -0.476 e. The Balaban J connectivity index is 2.19. The molecule has 1 aliphatic carbocycles. The zero-order valence-corrected chi connectivity index (χ0v) is 11.9. The van der Waals surface area contributed by atoms with E-state index >= 15 is 0 Å². The van der Waals surface area contributed by atoms with Crippen LogP contribution in [0.2, 0.25) is 0 Å².